The van der Waals surface area contributed by atoms with Crippen LogP contribution in [0.5, 0.6) is 0 Å². The van der Waals surface area contributed by atoms with Crippen LogP contribution in [0, 0.1) is 5.82 Å². The lowest BCUT2D eigenvalue weighted by Crippen LogP contribution is -2.33. The third-order valence-corrected chi connectivity index (χ3v) is 2.02. The molecular weight excluding hydrogens is 209 g/mol. The van der Waals surface area contributed by atoms with E-state index in [1.165, 1.54) is 11.0 Å². The molecule has 16 heavy (non-hydrogen) atoms. The van der Waals surface area contributed by atoms with E-state index in [9.17, 15) is 9.18 Å². The van der Waals surface area contributed by atoms with Gasteiger partial charge in [-0.3, -0.25) is 4.90 Å². The topological polar surface area (TPSA) is 29.5 Å². The van der Waals surface area contributed by atoms with E-state index in [1.807, 2.05) is 0 Å². The number of carbonyl (C=O) groups is 1. The third kappa shape index (κ3) is 2.95. The summed E-state index contributed by atoms with van der Waals surface area (Å²) in [7, 11) is 0. The second kappa shape index (κ2) is 5.49. The summed E-state index contributed by atoms with van der Waals surface area (Å²) < 4.78 is 18.5. The summed E-state index contributed by atoms with van der Waals surface area (Å²) in [5.41, 5.74) is 0.246. The van der Waals surface area contributed by atoms with Gasteiger partial charge in [0.15, 0.2) is 0 Å². The Balaban J connectivity index is 2.90. The molecule has 1 aromatic rings. The predicted octanol–water partition coefficient (Wildman–Crippen LogP) is 3.20. The molecule has 0 radical (unpaired) electrons. The number of amides is 1. The van der Waals surface area contributed by atoms with Crippen LogP contribution in [0.4, 0.5) is 14.9 Å². The molecule has 0 aliphatic heterocycles. The number of benzene rings is 1. The van der Waals surface area contributed by atoms with Gasteiger partial charge in [0.25, 0.3) is 0 Å². The maximum absolute atomic E-state index is 13.5. The van der Waals surface area contributed by atoms with Gasteiger partial charge in [-0.25, -0.2) is 9.18 Å². The van der Waals surface area contributed by atoms with Crippen molar-refractivity contribution in [1.82, 2.24) is 0 Å². The van der Waals surface area contributed by atoms with Gasteiger partial charge in [-0.2, -0.15) is 0 Å². The number of rotatable bonds is 3. The monoisotopic (exact) mass is 225 g/mol. The molecule has 0 saturated heterocycles. The Hall–Kier alpha value is -1.58. The lowest BCUT2D eigenvalue weighted by molar-refractivity contribution is 0.122. The van der Waals surface area contributed by atoms with E-state index in [2.05, 4.69) is 0 Å². The van der Waals surface area contributed by atoms with E-state index in [-0.39, 0.29) is 11.8 Å². The molecule has 0 fully saturated rings. The molecule has 1 rings (SSSR count). The molecule has 88 valence electrons. The van der Waals surface area contributed by atoms with Gasteiger partial charge in [0.05, 0.1) is 11.8 Å². The van der Waals surface area contributed by atoms with Gasteiger partial charge in [-0.05, 0) is 32.9 Å². The number of anilines is 1. The van der Waals surface area contributed by atoms with E-state index in [4.69, 9.17) is 4.74 Å². The Morgan fingerprint density at radius 1 is 1.44 bits per heavy atom. The second-order valence-corrected chi connectivity index (χ2v) is 3.63. The zero-order chi connectivity index (χ0) is 12.1. The van der Waals surface area contributed by atoms with Crippen LogP contribution < -0.4 is 4.90 Å². The van der Waals surface area contributed by atoms with Gasteiger partial charge in [0.2, 0.25) is 0 Å². The van der Waals surface area contributed by atoms with Crippen LogP contribution >= 0.6 is 0 Å². The van der Waals surface area contributed by atoms with Gasteiger partial charge >= 0.3 is 6.09 Å². The molecule has 4 heteroatoms. The number of carbonyl (C=O) groups excluding carboxylic acids is 1. The molecule has 1 aromatic carbocycles. The quantitative estimate of drug-likeness (QED) is 0.790. The molecular formula is C12H16FNO2. The van der Waals surface area contributed by atoms with Crippen molar-refractivity contribution in [1.29, 1.82) is 0 Å². The number of halogens is 1. The highest BCUT2D eigenvalue weighted by molar-refractivity contribution is 5.87. The fourth-order valence-electron chi connectivity index (χ4n) is 1.33. The average molecular weight is 225 g/mol. The van der Waals surface area contributed by atoms with Crippen molar-refractivity contribution in [3.05, 3.63) is 30.1 Å². The maximum atomic E-state index is 13.5. The van der Waals surface area contributed by atoms with Crippen molar-refractivity contribution in [3.63, 3.8) is 0 Å². The van der Waals surface area contributed by atoms with Gasteiger partial charge in [0, 0.05) is 6.54 Å². The lowest BCUT2D eigenvalue weighted by atomic mass is 10.3. The molecule has 0 N–H and O–H groups in total. The van der Waals surface area contributed by atoms with Crippen LogP contribution in [0.15, 0.2) is 24.3 Å². The molecule has 1 amide bonds. The number of hydrogen-bond donors (Lipinski definition) is 0. The van der Waals surface area contributed by atoms with E-state index in [1.54, 1.807) is 39.0 Å². The van der Waals surface area contributed by atoms with E-state index < -0.39 is 11.9 Å². The molecule has 0 saturated carbocycles. The first-order chi connectivity index (χ1) is 7.56. The van der Waals surface area contributed by atoms with Crippen LogP contribution in [-0.4, -0.2) is 18.7 Å². The van der Waals surface area contributed by atoms with Crippen LogP contribution in [0.25, 0.3) is 0 Å². The molecule has 0 aliphatic rings. The molecule has 3 nitrogen and oxygen atoms in total. The SMILES string of the molecule is CCN(C(=O)OC(C)C)c1ccccc1F. The molecule has 0 atom stereocenters. The molecule has 0 aromatic heterocycles. The van der Waals surface area contributed by atoms with Crippen molar-refractivity contribution in [2.45, 2.75) is 26.9 Å². The van der Waals surface area contributed by atoms with Gasteiger partial charge < -0.3 is 4.74 Å². The van der Waals surface area contributed by atoms with E-state index in [0.29, 0.717) is 6.54 Å². The maximum Gasteiger partial charge on any atom is 0.414 e. The first-order valence-corrected chi connectivity index (χ1v) is 5.29. The van der Waals surface area contributed by atoms with Crippen LogP contribution in [0.2, 0.25) is 0 Å². The minimum atomic E-state index is -0.525. The number of nitrogens with zero attached hydrogens (tertiary/aromatic N) is 1. The summed E-state index contributed by atoms with van der Waals surface area (Å²) in [6.07, 6.45) is -0.740. The van der Waals surface area contributed by atoms with Gasteiger partial charge in [-0.1, -0.05) is 12.1 Å². The van der Waals surface area contributed by atoms with E-state index in [0.717, 1.165) is 0 Å². The Labute approximate surface area is 94.8 Å². The molecule has 0 unspecified atom stereocenters. The standard InChI is InChI=1S/C12H16FNO2/c1-4-14(12(15)16-9(2)3)11-8-6-5-7-10(11)13/h5-9H,4H2,1-3H3. The number of ether oxygens (including phenoxy) is 1. The summed E-state index contributed by atoms with van der Waals surface area (Å²) in [5.74, 6) is -0.426. The van der Waals surface area contributed by atoms with E-state index >= 15 is 0 Å². The van der Waals surface area contributed by atoms with Crippen LogP contribution in [-0.2, 0) is 4.74 Å². The van der Waals surface area contributed by atoms with Crippen LogP contribution in [0.3, 0.4) is 0 Å². The zero-order valence-corrected chi connectivity index (χ0v) is 9.74. The smallest absolute Gasteiger partial charge is 0.414 e. The normalized spacial score (nSPS) is 10.3. The predicted molar refractivity (Wildman–Crippen MR) is 61.0 cm³/mol. The summed E-state index contributed by atoms with van der Waals surface area (Å²) in [6, 6.07) is 6.14. The highest BCUT2D eigenvalue weighted by atomic mass is 19.1. The first kappa shape index (κ1) is 12.5. The first-order valence-electron chi connectivity index (χ1n) is 5.29. The molecule has 0 heterocycles. The van der Waals surface area contributed by atoms with Gasteiger partial charge in [0.1, 0.15) is 5.82 Å². The van der Waals surface area contributed by atoms with Crippen molar-refractivity contribution in [2.75, 3.05) is 11.4 Å². The van der Waals surface area contributed by atoms with Crippen molar-refractivity contribution >= 4 is 11.8 Å². The fraction of sp³-hybridized carbons (Fsp3) is 0.417. The number of hydrogen-bond acceptors (Lipinski definition) is 2. The highest BCUT2D eigenvalue weighted by Gasteiger charge is 2.19. The molecule has 0 aliphatic carbocycles. The van der Waals surface area contributed by atoms with Crippen molar-refractivity contribution in [3.8, 4) is 0 Å². The third-order valence-electron chi connectivity index (χ3n) is 2.02. The minimum absolute atomic E-state index is 0.215. The largest absolute Gasteiger partial charge is 0.446 e. The summed E-state index contributed by atoms with van der Waals surface area (Å²) >= 11 is 0. The molecule has 0 bridgehead atoms. The Kier molecular flexibility index (Phi) is 4.28. The summed E-state index contributed by atoms with van der Waals surface area (Å²) in [4.78, 5) is 12.9. The van der Waals surface area contributed by atoms with Crippen LogP contribution in [0.1, 0.15) is 20.8 Å². The van der Waals surface area contributed by atoms with Gasteiger partial charge in [-0.15, -0.1) is 0 Å². The molecule has 0 spiro atoms. The highest BCUT2D eigenvalue weighted by Crippen LogP contribution is 2.19. The Bertz CT molecular complexity index is 366. The summed E-state index contributed by atoms with van der Waals surface area (Å²) in [6.45, 7) is 5.65. The Morgan fingerprint density at radius 2 is 2.06 bits per heavy atom. The fourth-order valence-corrected chi connectivity index (χ4v) is 1.33. The van der Waals surface area contributed by atoms with Crippen molar-refractivity contribution in [2.24, 2.45) is 0 Å². The second-order valence-electron chi connectivity index (χ2n) is 3.63. The van der Waals surface area contributed by atoms with Crippen molar-refractivity contribution < 1.29 is 13.9 Å². The minimum Gasteiger partial charge on any atom is -0.446 e. The zero-order valence-electron chi connectivity index (χ0n) is 9.74. The summed E-state index contributed by atoms with van der Waals surface area (Å²) in [5, 5.41) is 0. The average Bonchev–Trinajstić information content (AvgIpc) is 2.20. The lowest BCUT2D eigenvalue weighted by Gasteiger charge is -2.22. The number of para-hydroxylation sites is 1. The Morgan fingerprint density at radius 3 is 2.56 bits per heavy atom.